The maximum atomic E-state index is 12.7. The molecule has 112 valence electrons. The van der Waals surface area contributed by atoms with E-state index in [4.69, 9.17) is 4.74 Å². The van der Waals surface area contributed by atoms with Gasteiger partial charge in [0.2, 0.25) is 11.8 Å². The van der Waals surface area contributed by atoms with E-state index in [0.717, 1.165) is 4.90 Å². The molecule has 7 heteroatoms. The summed E-state index contributed by atoms with van der Waals surface area (Å²) < 4.78 is 5.73. The number of benzene rings is 1. The van der Waals surface area contributed by atoms with Gasteiger partial charge in [0.25, 0.3) is 5.69 Å². The Hall–Kier alpha value is -2.54. The summed E-state index contributed by atoms with van der Waals surface area (Å²) in [7, 11) is 0. The number of nitro benzene ring substituents is 1. The van der Waals surface area contributed by atoms with Crippen LogP contribution >= 0.6 is 0 Å². The molecule has 3 aliphatic rings. The molecular weight excluding hydrogens is 288 g/mol. The van der Waals surface area contributed by atoms with E-state index < -0.39 is 28.5 Å². The molecule has 1 aromatic rings. The molecule has 7 nitrogen and oxygen atoms in total. The van der Waals surface area contributed by atoms with E-state index in [1.807, 2.05) is 12.2 Å². The Morgan fingerprint density at radius 2 is 2.09 bits per heavy atom. The van der Waals surface area contributed by atoms with Crippen molar-refractivity contribution >= 4 is 23.2 Å². The Labute approximate surface area is 125 Å². The van der Waals surface area contributed by atoms with Gasteiger partial charge in [-0.3, -0.25) is 19.7 Å². The second kappa shape index (κ2) is 4.01. The molecule has 0 spiro atoms. The quantitative estimate of drug-likeness (QED) is 0.357. The monoisotopic (exact) mass is 300 g/mol. The summed E-state index contributed by atoms with van der Waals surface area (Å²) in [5, 5.41) is 10.9. The minimum atomic E-state index is -0.766. The fraction of sp³-hybridized carbons (Fsp3) is 0.333. The molecular formula is C15H12N2O5. The maximum absolute atomic E-state index is 12.7. The number of amides is 2. The van der Waals surface area contributed by atoms with Crippen LogP contribution in [0.5, 0.6) is 0 Å². The van der Waals surface area contributed by atoms with Gasteiger partial charge in [-0.15, -0.1) is 0 Å². The zero-order chi connectivity index (χ0) is 15.6. The first-order chi connectivity index (χ1) is 10.4. The van der Waals surface area contributed by atoms with E-state index in [0.29, 0.717) is 0 Å². The largest absolute Gasteiger partial charge is 0.362 e. The van der Waals surface area contributed by atoms with Crippen LogP contribution in [0.25, 0.3) is 0 Å². The number of nitro groups is 1. The van der Waals surface area contributed by atoms with Gasteiger partial charge in [-0.05, 0) is 13.0 Å². The number of carbonyl (C=O) groups is 2. The molecule has 2 fully saturated rings. The second-order valence-electron chi connectivity index (χ2n) is 5.92. The zero-order valence-electron chi connectivity index (χ0n) is 11.6. The average molecular weight is 300 g/mol. The van der Waals surface area contributed by atoms with Gasteiger partial charge in [0, 0.05) is 12.1 Å². The fourth-order valence-electron chi connectivity index (χ4n) is 3.65. The number of anilines is 1. The standard InChI is InChI=1S/C15H12N2O5/c1-15-6-5-10(22-15)11-12(15)14(19)16(13(11)18)8-3-2-4-9(7-8)17(20)21/h2-7,10-12H,1H3/t10-,11-,12-,15+/m1/s1. The summed E-state index contributed by atoms with van der Waals surface area (Å²) >= 11 is 0. The highest BCUT2D eigenvalue weighted by atomic mass is 16.6. The number of nitrogens with zero attached hydrogens (tertiary/aromatic N) is 2. The summed E-state index contributed by atoms with van der Waals surface area (Å²) in [6.07, 6.45) is 3.24. The first-order valence-corrected chi connectivity index (χ1v) is 6.92. The number of hydrogen-bond donors (Lipinski definition) is 0. The Balaban J connectivity index is 1.77. The van der Waals surface area contributed by atoms with Crippen LogP contribution in [0, 0.1) is 22.0 Å². The predicted molar refractivity (Wildman–Crippen MR) is 75.0 cm³/mol. The van der Waals surface area contributed by atoms with Crippen molar-refractivity contribution in [2.45, 2.75) is 18.6 Å². The van der Waals surface area contributed by atoms with E-state index in [1.165, 1.54) is 24.3 Å². The van der Waals surface area contributed by atoms with Crippen LogP contribution in [0.4, 0.5) is 11.4 Å². The zero-order valence-corrected chi connectivity index (χ0v) is 11.6. The van der Waals surface area contributed by atoms with E-state index >= 15 is 0 Å². The van der Waals surface area contributed by atoms with Crippen molar-refractivity contribution in [1.29, 1.82) is 0 Å². The van der Waals surface area contributed by atoms with Crippen LogP contribution in [-0.4, -0.2) is 28.4 Å². The van der Waals surface area contributed by atoms with Crippen molar-refractivity contribution in [1.82, 2.24) is 0 Å². The molecule has 0 radical (unpaired) electrons. The lowest BCUT2D eigenvalue weighted by molar-refractivity contribution is -0.384. The molecule has 2 amide bonds. The molecule has 4 atom stereocenters. The predicted octanol–water partition coefficient (Wildman–Crippen LogP) is 1.43. The highest BCUT2D eigenvalue weighted by Crippen LogP contribution is 2.52. The Bertz CT molecular complexity index is 758. The molecule has 0 aliphatic carbocycles. The number of rotatable bonds is 2. The van der Waals surface area contributed by atoms with Gasteiger partial charge in [0.05, 0.1) is 34.2 Å². The molecule has 1 aromatic carbocycles. The Morgan fingerprint density at radius 3 is 2.77 bits per heavy atom. The van der Waals surface area contributed by atoms with Crippen molar-refractivity contribution in [2.75, 3.05) is 4.90 Å². The lowest BCUT2D eigenvalue weighted by atomic mass is 9.78. The number of fused-ring (bicyclic) bond motifs is 5. The second-order valence-corrected chi connectivity index (χ2v) is 5.92. The highest BCUT2D eigenvalue weighted by Gasteiger charge is 2.66. The van der Waals surface area contributed by atoms with Gasteiger partial charge < -0.3 is 4.74 Å². The van der Waals surface area contributed by atoms with Crippen molar-refractivity contribution in [2.24, 2.45) is 11.8 Å². The lowest BCUT2D eigenvalue weighted by Gasteiger charge is -2.24. The van der Waals surface area contributed by atoms with E-state index in [9.17, 15) is 19.7 Å². The van der Waals surface area contributed by atoms with Crippen LogP contribution in [0.1, 0.15) is 6.92 Å². The van der Waals surface area contributed by atoms with E-state index in [-0.39, 0.29) is 23.2 Å². The minimum absolute atomic E-state index is 0.154. The van der Waals surface area contributed by atoms with Crippen LogP contribution in [0.3, 0.4) is 0 Å². The van der Waals surface area contributed by atoms with Gasteiger partial charge in [-0.2, -0.15) is 0 Å². The summed E-state index contributed by atoms with van der Waals surface area (Å²) in [5.74, 6) is -1.81. The SMILES string of the molecule is C[C@@]12C=C[C@@H](O1)[C@H]1C(=O)N(c3cccc([N+](=O)[O-])c3)C(=O)[C@@H]12. The Kier molecular flexibility index (Phi) is 2.40. The molecule has 0 unspecified atom stereocenters. The third-order valence-electron chi connectivity index (χ3n) is 4.63. The topological polar surface area (TPSA) is 89.8 Å². The van der Waals surface area contributed by atoms with Crippen LogP contribution in [-0.2, 0) is 14.3 Å². The molecule has 4 rings (SSSR count). The third kappa shape index (κ3) is 1.48. The molecule has 0 N–H and O–H groups in total. The number of hydrogen-bond acceptors (Lipinski definition) is 5. The number of ether oxygens (including phenoxy) is 1. The number of non-ortho nitro benzene ring substituents is 1. The van der Waals surface area contributed by atoms with Crippen LogP contribution in [0.15, 0.2) is 36.4 Å². The Morgan fingerprint density at radius 1 is 1.32 bits per heavy atom. The molecule has 0 aromatic heterocycles. The number of carbonyl (C=O) groups excluding carboxylic acids is 2. The maximum Gasteiger partial charge on any atom is 0.271 e. The van der Waals surface area contributed by atoms with Crippen LogP contribution in [0.2, 0.25) is 0 Å². The van der Waals surface area contributed by atoms with Crippen molar-refractivity contribution in [3.63, 3.8) is 0 Å². The summed E-state index contributed by atoms with van der Waals surface area (Å²) in [4.78, 5) is 36.7. The summed E-state index contributed by atoms with van der Waals surface area (Å²) in [5.41, 5.74) is -0.683. The van der Waals surface area contributed by atoms with E-state index in [2.05, 4.69) is 0 Å². The normalized spacial score (nSPS) is 35.3. The van der Waals surface area contributed by atoms with Crippen LogP contribution < -0.4 is 4.90 Å². The lowest BCUT2D eigenvalue weighted by Crippen LogP contribution is -2.38. The fourth-order valence-corrected chi connectivity index (χ4v) is 3.65. The van der Waals surface area contributed by atoms with Crippen molar-refractivity contribution in [3.05, 3.63) is 46.5 Å². The first-order valence-electron chi connectivity index (χ1n) is 6.92. The van der Waals surface area contributed by atoms with Crippen molar-refractivity contribution in [3.8, 4) is 0 Å². The van der Waals surface area contributed by atoms with Gasteiger partial charge in [0.1, 0.15) is 0 Å². The first kappa shape index (κ1) is 13.1. The third-order valence-corrected chi connectivity index (χ3v) is 4.63. The molecule has 3 heterocycles. The van der Waals surface area contributed by atoms with Gasteiger partial charge >= 0.3 is 0 Å². The highest BCUT2D eigenvalue weighted by molar-refractivity contribution is 6.23. The smallest absolute Gasteiger partial charge is 0.271 e. The minimum Gasteiger partial charge on any atom is -0.362 e. The van der Waals surface area contributed by atoms with Gasteiger partial charge in [-0.25, -0.2) is 4.90 Å². The molecule has 2 saturated heterocycles. The molecule has 2 bridgehead atoms. The molecule has 3 aliphatic heterocycles. The van der Waals surface area contributed by atoms with Gasteiger partial charge in [-0.1, -0.05) is 18.2 Å². The number of imide groups is 1. The van der Waals surface area contributed by atoms with E-state index in [1.54, 1.807) is 6.92 Å². The van der Waals surface area contributed by atoms with Gasteiger partial charge in [0.15, 0.2) is 0 Å². The summed E-state index contributed by atoms with van der Waals surface area (Å²) in [6, 6.07) is 5.57. The average Bonchev–Trinajstić information content (AvgIpc) is 3.08. The molecule has 22 heavy (non-hydrogen) atoms. The molecule has 0 saturated carbocycles. The summed E-state index contributed by atoms with van der Waals surface area (Å²) in [6.45, 7) is 1.79. The van der Waals surface area contributed by atoms with Crippen molar-refractivity contribution < 1.29 is 19.2 Å².